The molecule has 2 fully saturated rings. The van der Waals surface area contributed by atoms with Crippen molar-refractivity contribution in [3.05, 3.63) is 0 Å². The highest BCUT2D eigenvalue weighted by atomic mass is 16.5. The lowest BCUT2D eigenvalue weighted by atomic mass is 9.81. The maximum atomic E-state index is 11.5. The predicted octanol–water partition coefficient (Wildman–Crippen LogP) is 0.692. The van der Waals surface area contributed by atoms with Crippen LogP contribution in [0.4, 0.5) is 0 Å². The molecule has 2 heterocycles. The molecular formula is C9H15NO2. The first kappa shape index (κ1) is 8.05. The summed E-state index contributed by atoms with van der Waals surface area (Å²) >= 11 is 0. The van der Waals surface area contributed by atoms with Gasteiger partial charge in [0.1, 0.15) is 0 Å². The number of hydrogen-bond acceptors (Lipinski definition) is 2. The molecule has 0 bridgehead atoms. The lowest BCUT2D eigenvalue weighted by Gasteiger charge is -2.46. The molecule has 0 saturated carbocycles. The summed E-state index contributed by atoms with van der Waals surface area (Å²) < 4.78 is 5.12. The van der Waals surface area contributed by atoms with Crippen molar-refractivity contribution in [3.63, 3.8) is 0 Å². The molecule has 1 amide bonds. The number of nitrogens with one attached hydrogen (secondary N) is 1. The molecule has 1 spiro atoms. The van der Waals surface area contributed by atoms with Crippen LogP contribution in [0.25, 0.3) is 0 Å². The standard InChI is InChI=1S/C9H15NO2/c1-2-7-3-4-9(5-12-6-9)10-8(7)11/h7H,2-6H2,1H3,(H,10,11). The Balaban J connectivity index is 1.98. The van der Waals surface area contributed by atoms with Gasteiger partial charge in [0.2, 0.25) is 5.91 Å². The number of ether oxygens (including phenoxy) is 1. The summed E-state index contributed by atoms with van der Waals surface area (Å²) in [4.78, 5) is 11.5. The van der Waals surface area contributed by atoms with Gasteiger partial charge in [-0.2, -0.15) is 0 Å². The van der Waals surface area contributed by atoms with E-state index >= 15 is 0 Å². The highest BCUT2D eigenvalue weighted by Gasteiger charge is 2.44. The molecule has 2 aliphatic heterocycles. The van der Waals surface area contributed by atoms with E-state index in [4.69, 9.17) is 4.74 Å². The van der Waals surface area contributed by atoms with Crippen molar-refractivity contribution in [1.29, 1.82) is 0 Å². The molecule has 1 N–H and O–H groups in total. The lowest BCUT2D eigenvalue weighted by Crippen LogP contribution is -2.65. The fraction of sp³-hybridized carbons (Fsp3) is 0.889. The molecule has 0 radical (unpaired) electrons. The Kier molecular flexibility index (Phi) is 1.83. The summed E-state index contributed by atoms with van der Waals surface area (Å²) in [5, 5.41) is 3.07. The molecule has 3 nitrogen and oxygen atoms in total. The zero-order valence-corrected chi connectivity index (χ0v) is 7.43. The summed E-state index contributed by atoms with van der Waals surface area (Å²) in [6, 6.07) is 0. The van der Waals surface area contributed by atoms with Crippen LogP contribution in [0.2, 0.25) is 0 Å². The summed E-state index contributed by atoms with van der Waals surface area (Å²) in [5.74, 6) is 0.475. The van der Waals surface area contributed by atoms with Crippen molar-refractivity contribution in [3.8, 4) is 0 Å². The maximum absolute atomic E-state index is 11.5. The monoisotopic (exact) mass is 169 g/mol. The molecule has 0 aromatic heterocycles. The van der Waals surface area contributed by atoms with E-state index in [0.29, 0.717) is 0 Å². The smallest absolute Gasteiger partial charge is 0.223 e. The Morgan fingerprint density at radius 3 is 2.83 bits per heavy atom. The SMILES string of the molecule is CCC1CCC2(COC2)NC1=O. The van der Waals surface area contributed by atoms with E-state index in [1.54, 1.807) is 0 Å². The van der Waals surface area contributed by atoms with Crippen molar-refractivity contribution >= 4 is 5.91 Å². The molecule has 1 unspecified atom stereocenters. The molecule has 1 atom stereocenters. The molecule has 2 rings (SSSR count). The minimum absolute atomic E-state index is 0.0305. The second-order valence-electron chi connectivity index (χ2n) is 3.91. The van der Waals surface area contributed by atoms with Crippen LogP contribution in [0.1, 0.15) is 26.2 Å². The zero-order valence-electron chi connectivity index (χ0n) is 7.43. The van der Waals surface area contributed by atoms with Gasteiger partial charge < -0.3 is 10.1 Å². The topological polar surface area (TPSA) is 38.3 Å². The van der Waals surface area contributed by atoms with Gasteiger partial charge in [-0.3, -0.25) is 4.79 Å². The summed E-state index contributed by atoms with van der Waals surface area (Å²) in [6.45, 7) is 3.50. The second kappa shape index (κ2) is 2.73. The number of amides is 1. The third kappa shape index (κ3) is 1.12. The normalized spacial score (nSPS) is 32.8. The molecule has 2 aliphatic rings. The predicted molar refractivity (Wildman–Crippen MR) is 44.7 cm³/mol. The van der Waals surface area contributed by atoms with E-state index < -0.39 is 0 Å². The van der Waals surface area contributed by atoms with Crippen LogP contribution in [-0.4, -0.2) is 24.7 Å². The highest BCUT2D eigenvalue weighted by molar-refractivity contribution is 5.80. The minimum atomic E-state index is 0.0305. The first-order valence-electron chi connectivity index (χ1n) is 4.65. The molecular weight excluding hydrogens is 154 g/mol. The Bertz CT molecular complexity index is 199. The Morgan fingerprint density at radius 1 is 1.67 bits per heavy atom. The van der Waals surface area contributed by atoms with E-state index in [1.165, 1.54) is 0 Å². The van der Waals surface area contributed by atoms with E-state index in [9.17, 15) is 4.79 Å². The maximum Gasteiger partial charge on any atom is 0.223 e. The third-order valence-electron chi connectivity index (χ3n) is 2.98. The van der Waals surface area contributed by atoms with Crippen molar-refractivity contribution in [2.45, 2.75) is 31.7 Å². The number of piperidine rings is 1. The van der Waals surface area contributed by atoms with Gasteiger partial charge in [0.25, 0.3) is 0 Å². The number of carbonyl (C=O) groups is 1. The van der Waals surface area contributed by atoms with Crippen molar-refractivity contribution in [2.24, 2.45) is 5.92 Å². The fourth-order valence-corrected chi connectivity index (χ4v) is 1.96. The van der Waals surface area contributed by atoms with E-state index in [-0.39, 0.29) is 17.4 Å². The van der Waals surface area contributed by atoms with Gasteiger partial charge >= 0.3 is 0 Å². The largest absolute Gasteiger partial charge is 0.376 e. The second-order valence-corrected chi connectivity index (χ2v) is 3.91. The average molecular weight is 169 g/mol. The van der Waals surface area contributed by atoms with Gasteiger partial charge in [-0.05, 0) is 19.3 Å². The summed E-state index contributed by atoms with van der Waals surface area (Å²) in [5.41, 5.74) is 0.0305. The Morgan fingerprint density at radius 2 is 2.42 bits per heavy atom. The number of hydrogen-bond donors (Lipinski definition) is 1. The Hall–Kier alpha value is -0.570. The number of carbonyl (C=O) groups excluding carboxylic acids is 1. The van der Waals surface area contributed by atoms with Gasteiger partial charge in [-0.15, -0.1) is 0 Å². The van der Waals surface area contributed by atoms with Crippen molar-refractivity contribution < 1.29 is 9.53 Å². The summed E-state index contributed by atoms with van der Waals surface area (Å²) in [6.07, 6.45) is 3.09. The molecule has 3 heteroatoms. The fourth-order valence-electron chi connectivity index (χ4n) is 1.96. The summed E-state index contributed by atoms with van der Waals surface area (Å²) in [7, 11) is 0. The van der Waals surface area contributed by atoms with Crippen molar-refractivity contribution in [1.82, 2.24) is 5.32 Å². The van der Waals surface area contributed by atoms with Crippen molar-refractivity contribution in [2.75, 3.05) is 13.2 Å². The highest BCUT2D eigenvalue weighted by Crippen LogP contribution is 2.30. The van der Waals surface area contributed by atoms with Crippen LogP contribution < -0.4 is 5.32 Å². The molecule has 0 aromatic rings. The van der Waals surface area contributed by atoms with Gasteiger partial charge in [0.15, 0.2) is 0 Å². The molecule has 12 heavy (non-hydrogen) atoms. The van der Waals surface area contributed by atoms with Crippen LogP contribution in [0.15, 0.2) is 0 Å². The number of rotatable bonds is 1. The van der Waals surface area contributed by atoms with Gasteiger partial charge in [-0.25, -0.2) is 0 Å². The zero-order chi connectivity index (χ0) is 8.60. The quantitative estimate of drug-likeness (QED) is 0.627. The molecule has 0 aromatic carbocycles. The van der Waals surface area contributed by atoms with E-state index in [1.807, 2.05) is 0 Å². The minimum Gasteiger partial charge on any atom is -0.376 e. The van der Waals surface area contributed by atoms with Crippen LogP contribution in [0.3, 0.4) is 0 Å². The first-order valence-corrected chi connectivity index (χ1v) is 4.65. The van der Waals surface area contributed by atoms with Gasteiger partial charge in [-0.1, -0.05) is 6.92 Å². The van der Waals surface area contributed by atoms with Gasteiger partial charge in [0.05, 0.1) is 18.8 Å². The van der Waals surface area contributed by atoms with E-state index in [2.05, 4.69) is 12.2 Å². The first-order chi connectivity index (χ1) is 5.76. The molecule has 2 saturated heterocycles. The lowest BCUT2D eigenvalue weighted by molar-refractivity contribution is -0.144. The third-order valence-corrected chi connectivity index (χ3v) is 2.98. The van der Waals surface area contributed by atoms with Crippen LogP contribution in [0.5, 0.6) is 0 Å². The van der Waals surface area contributed by atoms with Crippen LogP contribution in [-0.2, 0) is 9.53 Å². The molecule has 0 aliphatic carbocycles. The average Bonchev–Trinajstić information content (AvgIpc) is 2.01. The van der Waals surface area contributed by atoms with Gasteiger partial charge in [0, 0.05) is 5.92 Å². The van der Waals surface area contributed by atoms with Crippen LogP contribution in [0, 0.1) is 5.92 Å². The molecule has 68 valence electrons. The van der Waals surface area contributed by atoms with E-state index in [0.717, 1.165) is 32.5 Å². The Labute approximate surface area is 72.5 Å². The van der Waals surface area contributed by atoms with Crippen LogP contribution >= 0.6 is 0 Å².